The van der Waals surface area contributed by atoms with Gasteiger partial charge in [-0.15, -0.1) is 0 Å². The second-order valence-electron chi connectivity index (χ2n) is 5.34. The fourth-order valence-electron chi connectivity index (χ4n) is 1.84. The van der Waals surface area contributed by atoms with Crippen LogP contribution in [0.2, 0.25) is 0 Å². The zero-order valence-corrected chi connectivity index (χ0v) is 16.0. The molecule has 0 aromatic heterocycles. The van der Waals surface area contributed by atoms with Crippen LogP contribution in [0.25, 0.3) is 0 Å². The Kier molecular flexibility index (Phi) is 14.7. The van der Waals surface area contributed by atoms with Gasteiger partial charge in [-0.05, 0) is 37.1 Å². The molecule has 2 aromatic rings. The minimum absolute atomic E-state index is 0. The average molecular weight is 417 g/mol. The summed E-state index contributed by atoms with van der Waals surface area (Å²) in [6, 6.07) is 14.0. The van der Waals surface area contributed by atoms with Crippen LogP contribution in [0, 0.1) is 0 Å². The Hall–Kier alpha value is -2.21. The van der Waals surface area contributed by atoms with Crippen LogP contribution in [0.4, 0.5) is 0 Å². The minimum atomic E-state index is 0. The van der Waals surface area contributed by atoms with E-state index < -0.39 is 0 Å². The Labute approximate surface area is 169 Å². The quantitative estimate of drug-likeness (QED) is 0.301. The number of aromatic hydroxyl groups is 2. The van der Waals surface area contributed by atoms with Crippen LogP contribution in [-0.2, 0) is 16.5 Å². The molecule has 27 heavy (non-hydrogen) atoms. The van der Waals surface area contributed by atoms with Crippen LogP contribution in [0.15, 0.2) is 58.5 Å². The standard InChI is InChI=1S/2C10H13NO2.Ni/c2*12-7-3-6-11-8-9-4-1-2-5-10(9)13;/h2*1-2,4-5,8,12-13H,3,6-7H2;. The third-order valence-corrected chi connectivity index (χ3v) is 3.22. The summed E-state index contributed by atoms with van der Waals surface area (Å²) in [5.41, 5.74) is 1.42. The third-order valence-electron chi connectivity index (χ3n) is 3.22. The van der Waals surface area contributed by atoms with Crippen LogP contribution in [0.1, 0.15) is 24.0 Å². The summed E-state index contributed by atoms with van der Waals surface area (Å²) in [6.45, 7) is 1.48. The summed E-state index contributed by atoms with van der Waals surface area (Å²) >= 11 is 0. The molecular weight excluding hydrogens is 391 g/mol. The zero-order valence-electron chi connectivity index (χ0n) is 15.0. The molecule has 0 heterocycles. The number of aliphatic hydroxyl groups is 2. The first-order valence-electron chi connectivity index (χ1n) is 8.46. The van der Waals surface area contributed by atoms with Gasteiger partial charge >= 0.3 is 0 Å². The molecule has 0 unspecified atom stereocenters. The van der Waals surface area contributed by atoms with E-state index in [1.807, 2.05) is 12.1 Å². The van der Waals surface area contributed by atoms with Crippen molar-refractivity contribution < 1.29 is 36.9 Å². The van der Waals surface area contributed by atoms with Gasteiger partial charge in [0, 0.05) is 66.4 Å². The van der Waals surface area contributed by atoms with E-state index in [0.717, 1.165) is 0 Å². The van der Waals surface area contributed by atoms with Gasteiger partial charge in [-0.1, -0.05) is 24.3 Å². The van der Waals surface area contributed by atoms with E-state index in [1.54, 1.807) is 48.8 Å². The predicted molar refractivity (Wildman–Crippen MR) is 105 cm³/mol. The number of benzene rings is 2. The number of phenolic OH excluding ortho intramolecular Hbond substituents is 2. The second kappa shape index (κ2) is 16.0. The molecule has 0 radical (unpaired) electrons. The first-order valence-corrected chi connectivity index (χ1v) is 8.46. The number of aliphatic hydroxyl groups excluding tert-OH is 2. The summed E-state index contributed by atoms with van der Waals surface area (Å²) in [6.07, 6.45) is 4.55. The van der Waals surface area contributed by atoms with E-state index in [9.17, 15) is 10.2 Å². The van der Waals surface area contributed by atoms with Gasteiger partial charge in [0.25, 0.3) is 0 Å². The molecule has 0 saturated heterocycles. The van der Waals surface area contributed by atoms with E-state index in [-0.39, 0.29) is 41.2 Å². The Morgan fingerprint density at radius 2 is 1.04 bits per heavy atom. The number of hydrogen-bond donors (Lipinski definition) is 4. The number of nitrogens with zero attached hydrogens (tertiary/aromatic N) is 2. The molecule has 2 rings (SSSR count). The Balaban J connectivity index is 0.000000483. The first kappa shape index (κ1) is 24.8. The van der Waals surface area contributed by atoms with Crippen molar-refractivity contribution >= 4 is 12.4 Å². The normalized spacial score (nSPS) is 10.4. The Bertz CT molecular complexity index is 634. The van der Waals surface area contributed by atoms with E-state index >= 15 is 0 Å². The van der Waals surface area contributed by atoms with Gasteiger partial charge in [0.15, 0.2) is 0 Å². The van der Waals surface area contributed by atoms with E-state index in [1.165, 1.54) is 0 Å². The summed E-state index contributed by atoms with van der Waals surface area (Å²) in [4.78, 5) is 8.09. The fraction of sp³-hybridized carbons (Fsp3) is 0.300. The number of para-hydroxylation sites is 2. The minimum Gasteiger partial charge on any atom is -0.507 e. The molecule has 2 aromatic carbocycles. The Morgan fingerprint density at radius 1 is 0.667 bits per heavy atom. The van der Waals surface area contributed by atoms with Crippen LogP contribution in [-0.4, -0.2) is 59.2 Å². The van der Waals surface area contributed by atoms with Crippen molar-refractivity contribution in [1.82, 2.24) is 0 Å². The predicted octanol–water partition coefficient (Wildman–Crippen LogP) is 2.38. The van der Waals surface area contributed by atoms with Gasteiger partial charge in [-0.25, -0.2) is 0 Å². The van der Waals surface area contributed by atoms with Gasteiger partial charge in [0.05, 0.1) is 0 Å². The molecule has 4 N–H and O–H groups in total. The maximum absolute atomic E-state index is 9.33. The summed E-state index contributed by atoms with van der Waals surface area (Å²) in [5, 5.41) is 35.6. The first-order chi connectivity index (χ1) is 12.7. The number of rotatable bonds is 8. The summed E-state index contributed by atoms with van der Waals surface area (Å²) in [7, 11) is 0. The van der Waals surface area contributed by atoms with Crippen molar-refractivity contribution in [2.24, 2.45) is 9.98 Å². The van der Waals surface area contributed by atoms with Crippen molar-refractivity contribution in [2.75, 3.05) is 26.3 Å². The zero-order chi connectivity index (χ0) is 19.0. The summed E-state index contributed by atoms with van der Waals surface area (Å²) < 4.78 is 0. The molecule has 6 nitrogen and oxygen atoms in total. The second-order valence-corrected chi connectivity index (χ2v) is 5.34. The molecule has 0 fully saturated rings. The van der Waals surface area contributed by atoms with Crippen molar-refractivity contribution in [1.29, 1.82) is 0 Å². The average Bonchev–Trinajstić information content (AvgIpc) is 2.66. The maximum Gasteiger partial charge on any atom is 0.124 e. The monoisotopic (exact) mass is 416 g/mol. The molecular formula is C20H26N2NiO4. The smallest absolute Gasteiger partial charge is 0.124 e. The molecule has 0 aliphatic heterocycles. The molecule has 0 saturated carbocycles. The van der Waals surface area contributed by atoms with Gasteiger partial charge in [0.2, 0.25) is 0 Å². The van der Waals surface area contributed by atoms with E-state index in [4.69, 9.17) is 10.2 Å². The van der Waals surface area contributed by atoms with Gasteiger partial charge in [0.1, 0.15) is 11.5 Å². The SMILES string of the molecule is OCCCN=Cc1ccccc1O.OCCCN=Cc1ccccc1O.[Ni]. The molecule has 0 aliphatic carbocycles. The number of hydrogen-bond acceptors (Lipinski definition) is 6. The number of phenols is 2. The van der Waals surface area contributed by atoms with Crippen LogP contribution in [0.5, 0.6) is 11.5 Å². The third kappa shape index (κ3) is 11.2. The van der Waals surface area contributed by atoms with Crippen molar-refractivity contribution in [3.05, 3.63) is 59.7 Å². The van der Waals surface area contributed by atoms with Gasteiger partial charge < -0.3 is 20.4 Å². The molecule has 0 aliphatic rings. The van der Waals surface area contributed by atoms with Crippen molar-refractivity contribution in [3.8, 4) is 11.5 Å². The Morgan fingerprint density at radius 3 is 1.37 bits per heavy atom. The van der Waals surface area contributed by atoms with Crippen molar-refractivity contribution in [3.63, 3.8) is 0 Å². The molecule has 0 atom stereocenters. The van der Waals surface area contributed by atoms with Crippen LogP contribution >= 0.6 is 0 Å². The topological polar surface area (TPSA) is 106 Å². The molecule has 0 amide bonds. The molecule has 7 heteroatoms. The van der Waals surface area contributed by atoms with Gasteiger partial charge in [-0.2, -0.15) is 0 Å². The molecule has 0 bridgehead atoms. The molecule has 0 spiro atoms. The number of aliphatic imine (C=N–C) groups is 2. The maximum atomic E-state index is 9.33. The van der Waals surface area contributed by atoms with Crippen LogP contribution in [0.3, 0.4) is 0 Å². The molecule has 150 valence electrons. The van der Waals surface area contributed by atoms with E-state index in [0.29, 0.717) is 37.1 Å². The van der Waals surface area contributed by atoms with Crippen molar-refractivity contribution in [2.45, 2.75) is 12.8 Å². The van der Waals surface area contributed by atoms with Gasteiger partial charge in [-0.3, -0.25) is 9.98 Å². The summed E-state index contributed by atoms with van der Waals surface area (Å²) in [5.74, 6) is 0.463. The largest absolute Gasteiger partial charge is 0.507 e. The fourth-order valence-corrected chi connectivity index (χ4v) is 1.84. The van der Waals surface area contributed by atoms with E-state index in [2.05, 4.69) is 9.98 Å². The van der Waals surface area contributed by atoms with Crippen LogP contribution < -0.4 is 0 Å².